The fraction of sp³-hybridized carbons (Fsp3) is 0.444. The molecule has 0 aromatic carbocycles. The minimum atomic E-state index is -0.378. The van der Waals surface area contributed by atoms with E-state index in [9.17, 15) is 4.39 Å². The largest absolute Gasteiger partial charge is 0.310 e. The van der Waals surface area contributed by atoms with E-state index >= 15 is 0 Å². The van der Waals surface area contributed by atoms with Crippen molar-refractivity contribution >= 4 is 15.9 Å². The molecule has 1 N–H and O–H groups in total. The smallest absolute Gasteiger partial charge is 0.217 e. The highest BCUT2D eigenvalue weighted by atomic mass is 79.9. The quantitative estimate of drug-likeness (QED) is 0.826. The molecular weight excluding hydrogens is 235 g/mol. The molecule has 0 atom stereocenters. The Morgan fingerprint density at radius 3 is 3.08 bits per heavy atom. The lowest BCUT2D eigenvalue weighted by Crippen LogP contribution is -2.16. The van der Waals surface area contributed by atoms with E-state index in [1.165, 1.54) is 19.0 Å². The Morgan fingerprint density at radius 2 is 2.38 bits per heavy atom. The third-order valence-electron chi connectivity index (χ3n) is 2.04. The van der Waals surface area contributed by atoms with E-state index in [0.717, 1.165) is 4.47 Å². The highest BCUT2D eigenvalue weighted by Crippen LogP contribution is 2.20. The molecule has 4 heteroatoms. The molecule has 1 aliphatic carbocycles. The molecule has 1 aromatic heterocycles. The molecule has 2 rings (SSSR count). The van der Waals surface area contributed by atoms with E-state index in [-0.39, 0.29) is 5.95 Å². The number of aromatic nitrogens is 1. The second kappa shape index (κ2) is 3.72. The van der Waals surface area contributed by atoms with E-state index in [2.05, 4.69) is 26.2 Å². The van der Waals surface area contributed by atoms with Crippen LogP contribution in [-0.4, -0.2) is 11.0 Å². The molecule has 0 aliphatic heterocycles. The summed E-state index contributed by atoms with van der Waals surface area (Å²) in [5.74, 6) is -0.378. The van der Waals surface area contributed by atoms with Gasteiger partial charge in [-0.1, -0.05) is 0 Å². The third kappa shape index (κ3) is 2.48. The molecule has 0 bridgehead atoms. The molecular formula is C9H10BrFN2. The second-order valence-corrected chi connectivity index (χ2v) is 4.17. The van der Waals surface area contributed by atoms with Gasteiger partial charge >= 0.3 is 0 Å². The Labute approximate surface area is 84.7 Å². The summed E-state index contributed by atoms with van der Waals surface area (Å²) >= 11 is 3.26. The predicted octanol–water partition coefficient (Wildman–Crippen LogP) is 2.24. The number of rotatable bonds is 3. The van der Waals surface area contributed by atoms with Gasteiger partial charge in [0.05, 0.1) is 0 Å². The topological polar surface area (TPSA) is 24.9 Å². The molecule has 1 heterocycles. The van der Waals surface area contributed by atoms with Crippen LogP contribution in [0.4, 0.5) is 4.39 Å². The van der Waals surface area contributed by atoms with Crippen molar-refractivity contribution in [3.63, 3.8) is 0 Å². The third-order valence-corrected chi connectivity index (χ3v) is 2.47. The average Bonchev–Trinajstić information content (AvgIpc) is 2.90. The van der Waals surface area contributed by atoms with Gasteiger partial charge in [-0.3, -0.25) is 0 Å². The Balaban J connectivity index is 2.03. The van der Waals surface area contributed by atoms with Gasteiger partial charge in [-0.25, -0.2) is 4.98 Å². The molecule has 70 valence electrons. The van der Waals surface area contributed by atoms with Crippen LogP contribution in [0.15, 0.2) is 16.7 Å². The van der Waals surface area contributed by atoms with Crippen molar-refractivity contribution in [1.82, 2.24) is 10.3 Å². The molecule has 0 unspecified atom stereocenters. The van der Waals surface area contributed by atoms with Gasteiger partial charge < -0.3 is 5.32 Å². The Bertz CT molecular complexity index is 312. The zero-order valence-corrected chi connectivity index (χ0v) is 8.64. The molecule has 13 heavy (non-hydrogen) atoms. The molecule has 0 amide bonds. The first-order chi connectivity index (χ1) is 6.25. The minimum absolute atomic E-state index is 0.378. The summed E-state index contributed by atoms with van der Waals surface area (Å²) in [5.41, 5.74) is 0.626. The van der Waals surface area contributed by atoms with E-state index in [1.807, 2.05) is 0 Å². The summed E-state index contributed by atoms with van der Waals surface area (Å²) in [5, 5.41) is 3.24. The lowest BCUT2D eigenvalue weighted by molar-refractivity contribution is 0.550. The van der Waals surface area contributed by atoms with Crippen LogP contribution >= 0.6 is 15.9 Å². The van der Waals surface area contributed by atoms with Crippen LogP contribution in [0.2, 0.25) is 0 Å². The van der Waals surface area contributed by atoms with Crippen molar-refractivity contribution in [3.05, 3.63) is 28.2 Å². The van der Waals surface area contributed by atoms with Gasteiger partial charge in [-0.05, 0) is 34.8 Å². The van der Waals surface area contributed by atoms with Gasteiger partial charge in [0.1, 0.15) is 0 Å². The summed E-state index contributed by atoms with van der Waals surface area (Å²) in [6.45, 7) is 0.572. The fourth-order valence-corrected chi connectivity index (χ4v) is 1.51. The first-order valence-corrected chi connectivity index (χ1v) is 5.08. The molecule has 2 nitrogen and oxygen atoms in total. The maximum atomic E-state index is 13.1. The van der Waals surface area contributed by atoms with Crippen LogP contribution < -0.4 is 5.32 Å². The van der Waals surface area contributed by atoms with Gasteiger partial charge in [0.25, 0.3) is 0 Å². The normalized spacial score (nSPS) is 16.2. The highest BCUT2D eigenvalue weighted by Gasteiger charge is 2.20. The second-order valence-electron chi connectivity index (χ2n) is 3.26. The molecule has 0 spiro atoms. The van der Waals surface area contributed by atoms with Crippen molar-refractivity contribution in [2.45, 2.75) is 25.4 Å². The Hall–Kier alpha value is -0.480. The summed E-state index contributed by atoms with van der Waals surface area (Å²) in [7, 11) is 0. The van der Waals surface area contributed by atoms with E-state index < -0.39 is 0 Å². The van der Waals surface area contributed by atoms with Gasteiger partial charge in [0.15, 0.2) is 0 Å². The van der Waals surface area contributed by atoms with Crippen LogP contribution in [0.25, 0.3) is 0 Å². The van der Waals surface area contributed by atoms with E-state index in [1.54, 1.807) is 6.07 Å². The van der Waals surface area contributed by atoms with Gasteiger partial charge in [-0.2, -0.15) is 4.39 Å². The summed E-state index contributed by atoms with van der Waals surface area (Å²) in [6, 6.07) is 2.36. The number of halogens is 2. The molecule has 0 radical (unpaired) electrons. The maximum Gasteiger partial charge on any atom is 0.217 e. The Morgan fingerprint density at radius 1 is 1.62 bits per heavy atom. The minimum Gasteiger partial charge on any atom is -0.310 e. The number of pyridine rings is 1. The molecule has 1 aliphatic rings. The zero-order chi connectivity index (χ0) is 9.26. The van der Waals surface area contributed by atoms with E-state index in [4.69, 9.17) is 0 Å². The summed E-state index contributed by atoms with van der Waals surface area (Å²) in [4.78, 5) is 3.62. The van der Waals surface area contributed by atoms with Gasteiger partial charge in [-0.15, -0.1) is 0 Å². The fourth-order valence-electron chi connectivity index (χ4n) is 1.13. The number of hydrogen-bond donors (Lipinski definition) is 1. The Kier molecular flexibility index (Phi) is 2.60. The van der Waals surface area contributed by atoms with Crippen molar-refractivity contribution in [2.24, 2.45) is 0 Å². The van der Waals surface area contributed by atoms with Crippen LogP contribution in [0.1, 0.15) is 18.4 Å². The van der Waals surface area contributed by atoms with Crippen LogP contribution in [0.5, 0.6) is 0 Å². The van der Waals surface area contributed by atoms with Crippen LogP contribution in [0, 0.1) is 5.95 Å². The predicted molar refractivity (Wildman–Crippen MR) is 51.8 cm³/mol. The summed E-state index contributed by atoms with van der Waals surface area (Å²) in [6.07, 6.45) is 3.89. The number of nitrogens with zero attached hydrogens (tertiary/aromatic N) is 1. The lowest BCUT2D eigenvalue weighted by atomic mass is 10.3. The monoisotopic (exact) mass is 244 g/mol. The standard InChI is InChI=1S/C9H10BrFN2/c10-7-3-6(9(11)13-5-7)4-12-8-1-2-8/h3,5,8,12H,1-2,4H2. The van der Waals surface area contributed by atoms with Crippen molar-refractivity contribution in [2.75, 3.05) is 0 Å². The number of hydrogen-bond acceptors (Lipinski definition) is 2. The molecule has 1 fully saturated rings. The number of nitrogens with one attached hydrogen (secondary N) is 1. The van der Waals surface area contributed by atoms with Crippen molar-refractivity contribution in [3.8, 4) is 0 Å². The van der Waals surface area contributed by atoms with Crippen molar-refractivity contribution in [1.29, 1.82) is 0 Å². The van der Waals surface area contributed by atoms with Gasteiger partial charge in [0, 0.05) is 28.8 Å². The maximum absolute atomic E-state index is 13.1. The van der Waals surface area contributed by atoms with Gasteiger partial charge in [0.2, 0.25) is 5.95 Å². The summed E-state index contributed by atoms with van der Waals surface area (Å²) < 4.78 is 13.9. The molecule has 1 saturated carbocycles. The molecule has 1 aromatic rings. The molecule has 0 saturated heterocycles. The van der Waals surface area contributed by atoms with Crippen LogP contribution in [-0.2, 0) is 6.54 Å². The first kappa shape index (κ1) is 9.09. The zero-order valence-electron chi connectivity index (χ0n) is 7.06. The van der Waals surface area contributed by atoms with Crippen LogP contribution in [0.3, 0.4) is 0 Å². The van der Waals surface area contributed by atoms with E-state index in [0.29, 0.717) is 18.2 Å². The van der Waals surface area contributed by atoms with Crippen molar-refractivity contribution < 1.29 is 4.39 Å². The first-order valence-electron chi connectivity index (χ1n) is 4.29. The SMILES string of the molecule is Fc1ncc(Br)cc1CNC1CC1. The highest BCUT2D eigenvalue weighted by molar-refractivity contribution is 9.10. The average molecular weight is 245 g/mol. The lowest BCUT2D eigenvalue weighted by Gasteiger charge is -2.03.